The quantitative estimate of drug-likeness (QED) is 0.649. The van der Waals surface area contributed by atoms with Crippen molar-refractivity contribution in [3.8, 4) is 0 Å². The fourth-order valence-electron chi connectivity index (χ4n) is 1.39. The van der Waals surface area contributed by atoms with Gasteiger partial charge in [-0.15, -0.1) is 11.6 Å². The molecule has 0 aliphatic carbocycles. The standard InChI is InChI=1S/C13H17Cl/c1-4-12(9-14)8-13-7-5-6-10(2)11(13)3/h5-8H,4,9H2,1-3H3. The molecular weight excluding hydrogens is 192 g/mol. The first kappa shape index (κ1) is 11.3. The van der Waals surface area contributed by atoms with Crippen molar-refractivity contribution in [2.75, 3.05) is 5.88 Å². The summed E-state index contributed by atoms with van der Waals surface area (Å²) in [6.07, 6.45) is 3.23. The lowest BCUT2D eigenvalue weighted by molar-refractivity contribution is 1.12. The van der Waals surface area contributed by atoms with Crippen LogP contribution in [0.4, 0.5) is 0 Å². The van der Waals surface area contributed by atoms with Crippen molar-refractivity contribution in [1.82, 2.24) is 0 Å². The summed E-state index contributed by atoms with van der Waals surface area (Å²) >= 11 is 5.84. The average molecular weight is 209 g/mol. The van der Waals surface area contributed by atoms with Crippen LogP contribution in [0.15, 0.2) is 23.8 Å². The third-order valence-corrected chi connectivity index (χ3v) is 2.98. The molecule has 1 rings (SSSR count). The third kappa shape index (κ3) is 2.62. The molecule has 0 radical (unpaired) electrons. The lowest BCUT2D eigenvalue weighted by Crippen LogP contribution is -1.88. The Labute approximate surface area is 91.6 Å². The van der Waals surface area contributed by atoms with Gasteiger partial charge in [-0.2, -0.15) is 0 Å². The highest BCUT2D eigenvalue weighted by atomic mass is 35.5. The van der Waals surface area contributed by atoms with Crippen LogP contribution in [0.2, 0.25) is 0 Å². The van der Waals surface area contributed by atoms with E-state index in [0.717, 1.165) is 6.42 Å². The second-order valence-corrected chi connectivity index (χ2v) is 3.85. The van der Waals surface area contributed by atoms with Gasteiger partial charge in [0.05, 0.1) is 0 Å². The third-order valence-electron chi connectivity index (χ3n) is 2.63. The summed E-state index contributed by atoms with van der Waals surface area (Å²) in [6.45, 7) is 6.43. The van der Waals surface area contributed by atoms with Gasteiger partial charge in [-0.25, -0.2) is 0 Å². The summed E-state index contributed by atoms with van der Waals surface area (Å²) in [5.41, 5.74) is 5.27. The normalized spacial score (nSPS) is 11.9. The van der Waals surface area contributed by atoms with Gasteiger partial charge in [-0.3, -0.25) is 0 Å². The molecule has 0 aliphatic rings. The summed E-state index contributed by atoms with van der Waals surface area (Å²) in [4.78, 5) is 0. The van der Waals surface area contributed by atoms with Gasteiger partial charge < -0.3 is 0 Å². The molecular formula is C13H17Cl. The van der Waals surface area contributed by atoms with Crippen molar-refractivity contribution in [3.63, 3.8) is 0 Å². The zero-order valence-electron chi connectivity index (χ0n) is 9.10. The monoisotopic (exact) mass is 208 g/mol. The molecule has 0 heterocycles. The van der Waals surface area contributed by atoms with Crippen LogP contribution in [0, 0.1) is 13.8 Å². The first-order valence-corrected chi connectivity index (χ1v) is 5.54. The van der Waals surface area contributed by atoms with E-state index in [1.807, 2.05) is 0 Å². The molecule has 0 nitrogen and oxygen atoms in total. The number of hydrogen-bond donors (Lipinski definition) is 0. The van der Waals surface area contributed by atoms with Crippen LogP contribution in [0.1, 0.15) is 30.0 Å². The molecule has 0 aliphatic heterocycles. The maximum absolute atomic E-state index is 5.84. The topological polar surface area (TPSA) is 0 Å². The average Bonchev–Trinajstić information content (AvgIpc) is 2.20. The van der Waals surface area contributed by atoms with E-state index in [0.29, 0.717) is 5.88 Å². The molecule has 1 heteroatoms. The molecule has 1 aromatic rings. The van der Waals surface area contributed by atoms with Gasteiger partial charge in [-0.1, -0.05) is 36.8 Å². The first-order valence-electron chi connectivity index (χ1n) is 5.00. The van der Waals surface area contributed by atoms with Crippen LogP contribution in [0.5, 0.6) is 0 Å². The molecule has 0 spiro atoms. The van der Waals surface area contributed by atoms with Crippen molar-refractivity contribution in [1.29, 1.82) is 0 Å². The Morgan fingerprint density at radius 1 is 1.36 bits per heavy atom. The van der Waals surface area contributed by atoms with Crippen LogP contribution in [-0.2, 0) is 0 Å². The second-order valence-electron chi connectivity index (χ2n) is 3.58. The Bertz CT molecular complexity index is 331. The zero-order chi connectivity index (χ0) is 10.6. The van der Waals surface area contributed by atoms with E-state index in [1.165, 1.54) is 22.3 Å². The second kappa shape index (κ2) is 5.21. The molecule has 0 saturated carbocycles. The number of rotatable bonds is 3. The summed E-state index contributed by atoms with van der Waals surface area (Å²) in [6, 6.07) is 6.37. The van der Waals surface area contributed by atoms with Crippen LogP contribution >= 0.6 is 11.6 Å². The smallest absolute Gasteiger partial charge is 0.0436 e. The highest BCUT2D eigenvalue weighted by Crippen LogP contribution is 2.17. The molecule has 0 aromatic heterocycles. The van der Waals surface area contributed by atoms with Gasteiger partial charge in [0, 0.05) is 5.88 Å². The van der Waals surface area contributed by atoms with Crippen LogP contribution in [-0.4, -0.2) is 5.88 Å². The molecule has 0 bridgehead atoms. The Balaban J connectivity index is 3.07. The predicted molar refractivity (Wildman–Crippen MR) is 64.9 cm³/mol. The maximum atomic E-state index is 5.84. The molecule has 0 fully saturated rings. The minimum absolute atomic E-state index is 0.629. The Hall–Kier alpha value is -0.750. The summed E-state index contributed by atoms with van der Waals surface area (Å²) in [5, 5.41) is 0. The summed E-state index contributed by atoms with van der Waals surface area (Å²) < 4.78 is 0. The molecule has 0 unspecified atom stereocenters. The van der Waals surface area contributed by atoms with Crippen LogP contribution in [0.25, 0.3) is 6.08 Å². The maximum Gasteiger partial charge on any atom is 0.0436 e. The van der Waals surface area contributed by atoms with Crippen LogP contribution in [0.3, 0.4) is 0 Å². The lowest BCUT2D eigenvalue weighted by Gasteiger charge is -2.06. The largest absolute Gasteiger partial charge is 0.122 e. The summed E-state index contributed by atoms with van der Waals surface area (Å²) in [5.74, 6) is 0.629. The van der Waals surface area contributed by atoms with Crippen molar-refractivity contribution in [2.45, 2.75) is 27.2 Å². The highest BCUT2D eigenvalue weighted by molar-refractivity contribution is 6.19. The Morgan fingerprint density at radius 3 is 2.64 bits per heavy atom. The van der Waals surface area contributed by atoms with E-state index < -0.39 is 0 Å². The van der Waals surface area contributed by atoms with E-state index in [2.05, 4.69) is 45.0 Å². The van der Waals surface area contributed by atoms with E-state index >= 15 is 0 Å². The fourth-order valence-corrected chi connectivity index (χ4v) is 1.65. The SMILES string of the molecule is CCC(=Cc1cccc(C)c1C)CCl. The predicted octanol–water partition coefficient (Wildman–Crippen LogP) is 4.34. The lowest BCUT2D eigenvalue weighted by atomic mass is 10.0. The number of hydrogen-bond acceptors (Lipinski definition) is 0. The number of allylic oxidation sites excluding steroid dienone is 1. The van der Waals surface area contributed by atoms with Gasteiger partial charge in [0.1, 0.15) is 0 Å². The number of benzene rings is 1. The Kier molecular flexibility index (Phi) is 4.21. The molecule has 0 atom stereocenters. The van der Waals surface area contributed by atoms with Gasteiger partial charge in [-0.05, 0) is 37.0 Å². The zero-order valence-corrected chi connectivity index (χ0v) is 9.86. The number of aryl methyl sites for hydroxylation is 1. The fraction of sp³-hybridized carbons (Fsp3) is 0.385. The van der Waals surface area contributed by atoms with E-state index in [-0.39, 0.29) is 0 Å². The first-order chi connectivity index (χ1) is 6.69. The molecule has 14 heavy (non-hydrogen) atoms. The van der Waals surface area contributed by atoms with E-state index in [4.69, 9.17) is 11.6 Å². The van der Waals surface area contributed by atoms with Crippen molar-refractivity contribution < 1.29 is 0 Å². The van der Waals surface area contributed by atoms with Crippen molar-refractivity contribution in [3.05, 3.63) is 40.5 Å². The van der Waals surface area contributed by atoms with Crippen molar-refractivity contribution in [2.24, 2.45) is 0 Å². The minimum atomic E-state index is 0.629. The molecule has 76 valence electrons. The van der Waals surface area contributed by atoms with Gasteiger partial charge >= 0.3 is 0 Å². The molecule has 0 N–H and O–H groups in total. The summed E-state index contributed by atoms with van der Waals surface area (Å²) in [7, 11) is 0. The van der Waals surface area contributed by atoms with Gasteiger partial charge in [0.15, 0.2) is 0 Å². The number of halogens is 1. The molecule has 0 amide bonds. The Morgan fingerprint density at radius 2 is 2.07 bits per heavy atom. The van der Waals surface area contributed by atoms with Gasteiger partial charge in [0.2, 0.25) is 0 Å². The van der Waals surface area contributed by atoms with E-state index in [1.54, 1.807) is 0 Å². The minimum Gasteiger partial charge on any atom is -0.122 e. The van der Waals surface area contributed by atoms with E-state index in [9.17, 15) is 0 Å². The van der Waals surface area contributed by atoms with Crippen LogP contribution < -0.4 is 0 Å². The van der Waals surface area contributed by atoms with Crippen molar-refractivity contribution >= 4 is 17.7 Å². The van der Waals surface area contributed by atoms with Gasteiger partial charge in [0.25, 0.3) is 0 Å². The highest BCUT2D eigenvalue weighted by Gasteiger charge is 1.99. The number of alkyl halides is 1. The molecule has 0 saturated heterocycles. The molecule has 1 aromatic carbocycles.